The van der Waals surface area contributed by atoms with Crippen molar-refractivity contribution in [3.05, 3.63) is 64.2 Å². The summed E-state index contributed by atoms with van der Waals surface area (Å²) >= 11 is 5.95. The van der Waals surface area contributed by atoms with Crippen molar-refractivity contribution in [2.24, 2.45) is 0 Å². The molecule has 0 unspecified atom stereocenters. The van der Waals surface area contributed by atoms with Crippen LogP contribution in [0.25, 0.3) is 0 Å². The van der Waals surface area contributed by atoms with Crippen LogP contribution in [0.1, 0.15) is 21.5 Å². The van der Waals surface area contributed by atoms with Gasteiger partial charge < -0.3 is 10.1 Å². The highest BCUT2D eigenvalue weighted by Crippen LogP contribution is 2.22. The number of hydrogen-bond donors (Lipinski definition) is 1. The van der Waals surface area contributed by atoms with Crippen molar-refractivity contribution in [1.29, 1.82) is 0 Å². The van der Waals surface area contributed by atoms with E-state index in [2.05, 4.69) is 5.32 Å². The number of nitrogens with zero attached hydrogens (tertiary/aromatic N) is 1. The zero-order valence-corrected chi connectivity index (χ0v) is 16.5. The number of rotatable bonds is 5. The Bertz CT molecular complexity index is 940. The van der Waals surface area contributed by atoms with Gasteiger partial charge in [0.15, 0.2) is 0 Å². The third-order valence-electron chi connectivity index (χ3n) is 4.38. The van der Waals surface area contributed by atoms with E-state index < -0.39 is 10.0 Å². The molecule has 27 heavy (non-hydrogen) atoms. The normalized spacial score (nSPS) is 15.5. The van der Waals surface area contributed by atoms with Gasteiger partial charge in [0.05, 0.1) is 18.1 Å². The molecule has 0 spiro atoms. The minimum atomic E-state index is -3.67. The highest BCUT2D eigenvalue weighted by Gasteiger charge is 2.28. The first-order valence-corrected chi connectivity index (χ1v) is 10.4. The number of halogens is 1. The van der Waals surface area contributed by atoms with Gasteiger partial charge in [0.1, 0.15) is 0 Å². The van der Waals surface area contributed by atoms with Crippen LogP contribution in [-0.2, 0) is 21.3 Å². The summed E-state index contributed by atoms with van der Waals surface area (Å²) in [5, 5.41) is 3.39. The Balaban J connectivity index is 1.79. The average molecular weight is 409 g/mol. The minimum Gasteiger partial charge on any atom is -0.379 e. The summed E-state index contributed by atoms with van der Waals surface area (Å²) in [5.41, 5.74) is 1.77. The Labute approximate surface area is 164 Å². The van der Waals surface area contributed by atoms with Gasteiger partial charge in [0, 0.05) is 30.2 Å². The third kappa shape index (κ3) is 4.68. The number of carbonyl (C=O) groups excluding carboxylic acids is 1. The number of morpholine rings is 1. The van der Waals surface area contributed by atoms with Crippen molar-refractivity contribution in [3.8, 4) is 0 Å². The summed E-state index contributed by atoms with van der Waals surface area (Å²) in [7, 11) is -3.67. The molecular formula is C19H21ClN2O4S. The zero-order valence-electron chi connectivity index (χ0n) is 14.9. The molecule has 0 atom stereocenters. The second-order valence-corrected chi connectivity index (χ2v) is 8.65. The first-order chi connectivity index (χ1) is 12.9. The molecule has 2 aromatic rings. The molecule has 1 heterocycles. The van der Waals surface area contributed by atoms with Gasteiger partial charge in [-0.3, -0.25) is 4.79 Å². The molecule has 0 radical (unpaired) electrons. The minimum absolute atomic E-state index is 0.153. The van der Waals surface area contributed by atoms with Crippen LogP contribution in [0.2, 0.25) is 5.02 Å². The third-order valence-corrected chi connectivity index (χ3v) is 6.66. The van der Waals surface area contributed by atoms with E-state index >= 15 is 0 Å². The summed E-state index contributed by atoms with van der Waals surface area (Å²) in [5.74, 6) is -0.339. The molecule has 0 saturated carbocycles. The lowest BCUT2D eigenvalue weighted by molar-refractivity contribution is 0.0730. The van der Waals surface area contributed by atoms with Crippen LogP contribution >= 0.6 is 11.6 Å². The van der Waals surface area contributed by atoms with Crippen molar-refractivity contribution in [2.75, 3.05) is 26.3 Å². The van der Waals surface area contributed by atoms with Gasteiger partial charge in [0.25, 0.3) is 5.91 Å². The smallest absolute Gasteiger partial charge is 0.251 e. The standard InChI is InChI=1S/C19H21ClN2O4S/c1-14-5-6-16(19(23)21-13-15-3-2-4-17(20)11-15)12-18(14)27(24,25)22-7-9-26-10-8-22/h2-6,11-12H,7-10,13H2,1H3,(H,21,23). The second-order valence-electron chi connectivity index (χ2n) is 6.31. The average Bonchev–Trinajstić information content (AvgIpc) is 2.67. The van der Waals surface area contributed by atoms with Crippen LogP contribution < -0.4 is 5.32 Å². The summed E-state index contributed by atoms with van der Waals surface area (Å²) in [6.07, 6.45) is 0. The van der Waals surface area contributed by atoms with E-state index in [0.29, 0.717) is 49.0 Å². The van der Waals surface area contributed by atoms with Crippen molar-refractivity contribution in [1.82, 2.24) is 9.62 Å². The summed E-state index contributed by atoms with van der Waals surface area (Å²) in [4.78, 5) is 12.6. The van der Waals surface area contributed by atoms with Gasteiger partial charge in [-0.15, -0.1) is 0 Å². The largest absolute Gasteiger partial charge is 0.379 e. The maximum atomic E-state index is 12.9. The topological polar surface area (TPSA) is 75.7 Å². The predicted molar refractivity (Wildman–Crippen MR) is 103 cm³/mol. The Morgan fingerprint density at radius 3 is 2.63 bits per heavy atom. The maximum absolute atomic E-state index is 12.9. The molecule has 1 amide bonds. The number of sulfonamides is 1. The molecule has 8 heteroatoms. The van der Waals surface area contributed by atoms with E-state index in [0.717, 1.165) is 5.56 Å². The summed E-state index contributed by atoms with van der Waals surface area (Å²) in [6, 6.07) is 11.9. The highest BCUT2D eigenvalue weighted by atomic mass is 35.5. The number of ether oxygens (including phenoxy) is 1. The van der Waals surface area contributed by atoms with Gasteiger partial charge in [-0.05, 0) is 42.3 Å². The number of hydrogen-bond acceptors (Lipinski definition) is 4. The molecule has 144 valence electrons. The Morgan fingerprint density at radius 1 is 1.19 bits per heavy atom. The highest BCUT2D eigenvalue weighted by molar-refractivity contribution is 7.89. The second kappa shape index (κ2) is 8.39. The number of aryl methyl sites for hydroxylation is 1. The molecule has 1 aliphatic heterocycles. The first-order valence-electron chi connectivity index (χ1n) is 8.59. The number of amides is 1. The Morgan fingerprint density at radius 2 is 1.93 bits per heavy atom. The van der Waals surface area contributed by atoms with Crippen LogP contribution in [-0.4, -0.2) is 44.9 Å². The lowest BCUT2D eigenvalue weighted by atomic mass is 10.1. The number of nitrogens with one attached hydrogen (secondary N) is 1. The van der Waals surface area contributed by atoms with E-state index in [4.69, 9.17) is 16.3 Å². The molecule has 1 fully saturated rings. The molecule has 1 saturated heterocycles. The van der Waals surface area contributed by atoms with Gasteiger partial charge in [-0.1, -0.05) is 29.8 Å². The Kier molecular flexibility index (Phi) is 6.16. The summed E-state index contributed by atoms with van der Waals surface area (Å²) < 4.78 is 32.5. The van der Waals surface area contributed by atoms with E-state index in [-0.39, 0.29) is 10.8 Å². The van der Waals surface area contributed by atoms with Crippen LogP contribution in [0.4, 0.5) is 0 Å². The van der Waals surface area contributed by atoms with Gasteiger partial charge in [-0.2, -0.15) is 4.31 Å². The number of benzene rings is 2. The Hall–Kier alpha value is -1.93. The molecular weight excluding hydrogens is 388 g/mol. The molecule has 1 N–H and O–H groups in total. The molecule has 6 nitrogen and oxygen atoms in total. The van der Waals surface area contributed by atoms with Crippen molar-refractivity contribution in [3.63, 3.8) is 0 Å². The molecule has 1 aliphatic rings. The van der Waals surface area contributed by atoms with E-state index in [9.17, 15) is 13.2 Å². The summed E-state index contributed by atoms with van der Waals surface area (Å²) in [6.45, 7) is 3.40. The van der Waals surface area contributed by atoms with Crippen LogP contribution in [0.3, 0.4) is 0 Å². The molecule has 0 bridgehead atoms. The van der Waals surface area contributed by atoms with Gasteiger partial charge in [-0.25, -0.2) is 8.42 Å². The van der Waals surface area contributed by atoms with E-state index in [1.165, 1.54) is 10.4 Å². The predicted octanol–water partition coefficient (Wildman–Crippen LogP) is 2.60. The van der Waals surface area contributed by atoms with Crippen molar-refractivity contribution < 1.29 is 17.9 Å². The monoisotopic (exact) mass is 408 g/mol. The molecule has 2 aromatic carbocycles. The SMILES string of the molecule is Cc1ccc(C(=O)NCc2cccc(Cl)c2)cc1S(=O)(=O)N1CCOCC1. The quantitative estimate of drug-likeness (QED) is 0.825. The fraction of sp³-hybridized carbons (Fsp3) is 0.316. The van der Waals surface area contributed by atoms with Crippen LogP contribution in [0, 0.1) is 6.92 Å². The molecule has 0 aromatic heterocycles. The fourth-order valence-electron chi connectivity index (χ4n) is 2.88. The van der Waals surface area contributed by atoms with Crippen molar-refractivity contribution in [2.45, 2.75) is 18.4 Å². The van der Waals surface area contributed by atoms with Crippen LogP contribution in [0.15, 0.2) is 47.4 Å². The lowest BCUT2D eigenvalue weighted by Gasteiger charge is -2.26. The maximum Gasteiger partial charge on any atom is 0.251 e. The zero-order chi connectivity index (χ0) is 19.4. The van der Waals surface area contributed by atoms with E-state index in [1.54, 1.807) is 31.2 Å². The number of carbonyl (C=O) groups is 1. The first kappa shape index (κ1) is 19.8. The van der Waals surface area contributed by atoms with Gasteiger partial charge >= 0.3 is 0 Å². The molecule has 3 rings (SSSR count). The van der Waals surface area contributed by atoms with Gasteiger partial charge in [0.2, 0.25) is 10.0 Å². The van der Waals surface area contributed by atoms with E-state index in [1.807, 2.05) is 12.1 Å². The fourth-order valence-corrected chi connectivity index (χ4v) is 4.75. The van der Waals surface area contributed by atoms with Crippen LogP contribution in [0.5, 0.6) is 0 Å². The van der Waals surface area contributed by atoms with Crippen molar-refractivity contribution >= 4 is 27.5 Å². The lowest BCUT2D eigenvalue weighted by Crippen LogP contribution is -2.41. The molecule has 0 aliphatic carbocycles.